The van der Waals surface area contributed by atoms with Crippen molar-refractivity contribution in [3.8, 4) is 5.75 Å². The fourth-order valence-corrected chi connectivity index (χ4v) is 2.31. The van der Waals surface area contributed by atoms with Crippen LogP contribution >= 0.6 is 11.6 Å². The molecule has 0 aliphatic rings. The molecule has 3 nitrogen and oxygen atoms in total. The summed E-state index contributed by atoms with van der Waals surface area (Å²) in [4.78, 5) is 0. The molecule has 0 amide bonds. The van der Waals surface area contributed by atoms with Crippen molar-refractivity contribution in [1.29, 1.82) is 0 Å². The molecule has 2 rings (SSSR count). The number of hydrogen-bond donors (Lipinski definition) is 2. The molecule has 0 aliphatic heterocycles. The number of benzene rings is 2. The Morgan fingerprint density at radius 2 is 1.95 bits per heavy atom. The molecule has 0 saturated carbocycles. The van der Waals surface area contributed by atoms with Gasteiger partial charge in [-0.05, 0) is 30.7 Å². The Labute approximate surface area is 130 Å². The van der Waals surface area contributed by atoms with E-state index in [1.807, 2.05) is 55.5 Å². The third-order valence-corrected chi connectivity index (χ3v) is 3.39. The minimum absolute atomic E-state index is 0.474. The highest BCUT2D eigenvalue weighted by Gasteiger charge is 2.08. The van der Waals surface area contributed by atoms with Crippen molar-refractivity contribution < 1.29 is 9.84 Å². The normalized spacial score (nSPS) is 12.1. The Hall–Kier alpha value is -1.55. The number of nitrogens with one attached hydrogen (secondary N) is 1. The first-order chi connectivity index (χ1) is 10.2. The van der Waals surface area contributed by atoms with Gasteiger partial charge in [-0.15, -0.1) is 0 Å². The van der Waals surface area contributed by atoms with Gasteiger partial charge in [-0.3, -0.25) is 0 Å². The van der Waals surface area contributed by atoms with E-state index in [0.717, 1.165) is 16.9 Å². The molecule has 0 spiro atoms. The third-order valence-electron chi connectivity index (χ3n) is 3.16. The van der Waals surface area contributed by atoms with E-state index in [2.05, 4.69) is 5.32 Å². The molecule has 0 aliphatic carbocycles. The maximum Gasteiger partial charge on any atom is 0.123 e. The smallest absolute Gasteiger partial charge is 0.123 e. The summed E-state index contributed by atoms with van der Waals surface area (Å²) in [6.07, 6.45) is -0.527. The van der Waals surface area contributed by atoms with Gasteiger partial charge in [0.05, 0.1) is 12.7 Å². The lowest BCUT2D eigenvalue weighted by molar-refractivity contribution is 0.174. The highest BCUT2D eigenvalue weighted by Crippen LogP contribution is 2.23. The second-order valence-electron chi connectivity index (χ2n) is 4.74. The van der Waals surface area contributed by atoms with Crippen molar-refractivity contribution in [2.45, 2.75) is 19.6 Å². The van der Waals surface area contributed by atoms with Crippen molar-refractivity contribution in [2.24, 2.45) is 0 Å². The highest BCUT2D eigenvalue weighted by molar-refractivity contribution is 6.30. The van der Waals surface area contributed by atoms with E-state index < -0.39 is 6.10 Å². The van der Waals surface area contributed by atoms with Crippen LogP contribution in [0.4, 0.5) is 0 Å². The number of hydrogen-bond acceptors (Lipinski definition) is 3. The predicted octanol–water partition coefficient (Wildman–Crippen LogP) is 3.56. The number of aliphatic hydroxyl groups excluding tert-OH is 1. The van der Waals surface area contributed by atoms with Crippen molar-refractivity contribution in [3.63, 3.8) is 0 Å². The van der Waals surface area contributed by atoms with Gasteiger partial charge in [0.25, 0.3) is 0 Å². The van der Waals surface area contributed by atoms with E-state index in [9.17, 15) is 5.11 Å². The lowest BCUT2D eigenvalue weighted by atomic mass is 10.1. The minimum atomic E-state index is -0.527. The molecule has 2 aromatic rings. The molecule has 0 saturated heterocycles. The molecule has 2 aromatic carbocycles. The molecular formula is C17H20ClNO2. The van der Waals surface area contributed by atoms with E-state index in [-0.39, 0.29) is 0 Å². The molecule has 1 atom stereocenters. The van der Waals surface area contributed by atoms with Crippen molar-refractivity contribution in [2.75, 3.05) is 13.2 Å². The molecule has 21 heavy (non-hydrogen) atoms. The third kappa shape index (κ3) is 4.74. The monoisotopic (exact) mass is 305 g/mol. The van der Waals surface area contributed by atoms with Crippen LogP contribution in [-0.4, -0.2) is 18.3 Å². The number of rotatable bonds is 7. The molecule has 0 bridgehead atoms. The van der Waals surface area contributed by atoms with Crippen LogP contribution in [0.15, 0.2) is 48.5 Å². The van der Waals surface area contributed by atoms with Crippen LogP contribution < -0.4 is 10.1 Å². The predicted molar refractivity (Wildman–Crippen MR) is 85.7 cm³/mol. The topological polar surface area (TPSA) is 41.5 Å². The van der Waals surface area contributed by atoms with Crippen molar-refractivity contribution in [1.82, 2.24) is 5.32 Å². The van der Waals surface area contributed by atoms with Crippen molar-refractivity contribution in [3.05, 3.63) is 64.7 Å². The van der Waals surface area contributed by atoms with Gasteiger partial charge in [-0.2, -0.15) is 0 Å². The van der Waals surface area contributed by atoms with Gasteiger partial charge < -0.3 is 15.2 Å². The SMILES string of the molecule is CCOc1ccc(Cl)cc1CNC[C@H](O)c1ccccc1. The van der Waals surface area contributed by atoms with Crippen LogP contribution in [0.5, 0.6) is 5.75 Å². The number of ether oxygens (including phenoxy) is 1. The average Bonchev–Trinajstić information content (AvgIpc) is 2.51. The largest absolute Gasteiger partial charge is 0.494 e. The summed E-state index contributed by atoms with van der Waals surface area (Å²) < 4.78 is 5.57. The van der Waals surface area contributed by atoms with E-state index >= 15 is 0 Å². The van der Waals surface area contributed by atoms with E-state index in [1.54, 1.807) is 0 Å². The Balaban J connectivity index is 1.92. The second kappa shape index (κ2) is 8.03. The molecule has 0 unspecified atom stereocenters. The van der Waals surface area contributed by atoms with Gasteiger partial charge in [0.15, 0.2) is 0 Å². The van der Waals surface area contributed by atoms with Crippen LogP contribution in [0.2, 0.25) is 5.02 Å². The molecular weight excluding hydrogens is 286 g/mol. The quantitative estimate of drug-likeness (QED) is 0.822. The van der Waals surface area contributed by atoms with Crippen molar-refractivity contribution >= 4 is 11.6 Å². The molecule has 112 valence electrons. The minimum Gasteiger partial charge on any atom is -0.494 e. The van der Waals surface area contributed by atoms with E-state index in [0.29, 0.717) is 24.7 Å². The molecule has 0 heterocycles. The Bertz CT molecular complexity index is 560. The lowest BCUT2D eigenvalue weighted by Crippen LogP contribution is -2.21. The summed E-state index contributed by atoms with van der Waals surface area (Å²) in [5, 5.41) is 14.0. The van der Waals surface area contributed by atoms with E-state index in [1.165, 1.54) is 0 Å². The first-order valence-corrected chi connectivity index (χ1v) is 7.43. The van der Waals surface area contributed by atoms with Crippen LogP contribution in [0, 0.1) is 0 Å². The first-order valence-electron chi connectivity index (χ1n) is 7.05. The zero-order valence-electron chi connectivity index (χ0n) is 12.1. The fraction of sp³-hybridized carbons (Fsp3) is 0.294. The van der Waals surface area contributed by atoms with E-state index in [4.69, 9.17) is 16.3 Å². The second-order valence-corrected chi connectivity index (χ2v) is 5.18. The Morgan fingerprint density at radius 3 is 2.67 bits per heavy atom. The van der Waals surface area contributed by atoms with Gasteiger partial charge in [-0.1, -0.05) is 41.9 Å². The Morgan fingerprint density at radius 1 is 1.19 bits per heavy atom. The first kappa shape index (κ1) is 15.8. The van der Waals surface area contributed by atoms with Gasteiger partial charge in [-0.25, -0.2) is 0 Å². The fourth-order valence-electron chi connectivity index (χ4n) is 2.12. The van der Waals surface area contributed by atoms with Gasteiger partial charge in [0.2, 0.25) is 0 Å². The summed E-state index contributed by atoms with van der Waals surface area (Å²) in [5.74, 6) is 0.823. The van der Waals surface area contributed by atoms with Crippen LogP contribution in [0.25, 0.3) is 0 Å². The summed E-state index contributed by atoms with van der Waals surface area (Å²) in [7, 11) is 0. The molecule has 0 radical (unpaired) electrons. The maximum atomic E-state index is 10.1. The van der Waals surface area contributed by atoms with Gasteiger partial charge in [0, 0.05) is 23.7 Å². The zero-order valence-corrected chi connectivity index (χ0v) is 12.8. The van der Waals surface area contributed by atoms with Gasteiger partial charge >= 0.3 is 0 Å². The average molecular weight is 306 g/mol. The van der Waals surface area contributed by atoms with Crippen LogP contribution in [0.1, 0.15) is 24.2 Å². The van der Waals surface area contributed by atoms with Crippen LogP contribution in [-0.2, 0) is 6.54 Å². The molecule has 4 heteroatoms. The zero-order chi connectivity index (χ0) is 15.1. The maximum absolute atomic E-state index is 10.1. The molecule has 2 N–H and O–H groups in total. The molecule has 0 fully saturated rings. The summed E-state index contributed by atoms with van der Waals surface area (Å²) in [6, 6.07) is 15.2. The summed E-state index contributed by atoms with van der Waals surface area (Å²) >= 11 is 6.02. The Kier molecular flexibility index (Phi) is 6.05. The standard InChI is InChI=1S/C17H20ClNO2/c1-2-21-17-9-8-15(18)10-14(17)11-19-12-16(20)13-6-4-3-5-7-13/h3-10,16,19-20H,2,11-12H2,1H3/t16-/m0/s1. The summed E-state index contributed by atoms with van der Waals surface area (Å²) in [6.45, 7) is 3.63. The summed E-state index contributed by atoms with van der Waals surface area (Å²) in [5.41, 5.74) is 1.89. The van der Waals surface area contributed by atoms with Crippen LogP contribution in [0.3, 0.4) is 0 Å². The molecule has 0 aromatic heterocycles. The number of aliphatic hydroxyl groups is 1. The highest BCUT2D eigenvalue weighted by atomic mass is 35.5. The lowest BCUT2D eigenvalue weighted by Gasteiger charge is -2.14. The van der Waals surface area contributed by atoms with Gasteiger partial charge in [0.1, 0.15) is 5.75 Å². The number of halogens is 1.